The van der Waals surface area contributed by atoms with Crippen LogP contribution in [0.1, 0.15) is 43.9 Å². The fourth-order valence-electron chi connectivity index (χ4n) is 3.53. The van der Waals surface area contributed by atoms with Gasteiger partial charge in [-0.05, 0) is 13.8 Å². The summed E-state index contributed by atoms with van der Waals surface area (Å²) < 4.78 is 4.22. The number of halogens is 2. The first-order valence-electron chi connectivity index (χ1n) is 11.5. The van der Waals surface area contributed by atoms with Gasteiger partial charge in [0.1, 0.15) is 23.3 Å². The molecule has 0 amide bonds. The third kappa shape index (κ3) is 10.1. The maximum absolute atomic E-state index is 8.98. The first-order chi connectivity index (χ1) is 17.2. The Morgan fingerprint density at radius 1 is 0.718 bits per heavy atom. The molecule has 0 atom stereocenters. The molecule has 216 valence electrons. The molecule has 4 rings (SSSR count). The number of anilines is 2. The summed E-state index contributed by atoms with van der Waals surface area (Å²) in [5, 5.41) is 18.0. The zero-order valence-electron chi connectivity index (χ0n) is 22.3. The number of nitrogens with two attached hydrogens (primary N) is 2. The van der Waals surface area contributed by atoms with Crippen molar-refractivity contribution in [2.45, 2.75) is 53.6 Å². The Morgan fingerprint density at radius 3 is 1.38 bits per heavy atom. The summed E-state index contributed by atoms with van der Waals surface area (Å²) in [6.45, 7) is 9.43. The Kier molecular flexibility index (Phi) is 16.6. The summed E-state index contributed by atoms with van der Waals surface area (Å²) >= 11 is 3.30. The second kappa shape index (κ2) is 17.5. The molecule has 4 aromatic rings. The summed E-state index contributed by atoms with van der Waals surface area (Å²) in [5.41, 5.74) is 20.0. The molecule has 0 saturated heterocycles. The van der Waals surface area contributed by atoms with Gasteiger partial charge in [-0.1, -0.05) is 22.7 Å². The van der Waals surface area contributed by atoms with E-state index in [0.717, 1.165) is 22.5 Å². The minimum atomic E-state index is 0. The van der Waals surface area contributed by atoms with E-state index in [9.17, 15) is 0 Å². The number of thiazole rings is 2. The molecule has 0 aliphatic carbocycles. The fourth-order valence-corrected chi connectivity index (χ4v) is 5.50. The summed E-state index contributed by atoms with van der Waals surface area (Å²) in [4.78, 5) is 19.1. The molecule has 0 bridgehead atoms. The molecular formula is C24H34Cl2N8O2S3-2. The van der Waals surface area contributed by atoms with Crippen LogP contribution in [0, 0.1) is 27.7 Å². The molecule has 6 N–H and O–H groups in total. The van der Waals surface area contributed by atoms with Gasteiger partial charge in [-0.15, -0.1) is 0 Å². The van der Waals surface area contributed by atoms with Gasteiger partial charge in [-0.25, -0.2) is 19.9 Å². The molecule has 0 saturated carbocycles. The molecule has 4 aromatic heterocycles. The molecule has 0 aromatic carbocycles. The Bertz CT molecular complexity index is 1220. The Balaban J connectivity index is 0.000000688. The van der Waals surface area contributed by atoms with Gasteiger partial charge in [0.25, 0.3) is 0 Å². The molecule has 0 unspecified atom stereocenters. The van der Waals surface area contributed by atoms with Crippen LogP contribution in [-0.4, -0.2) is 43.4 Å². The molecule has 0 aliphatic rings. The van der Waals surface area contributed by atoms with Crippen molar-refractivity contribution in [3.05, 3.63) is 67.3 Å². The molecule has 10 nitrogen and oxygen atoms in total. The van der Waals surface area contributed by atoms with Crippen molar-refractivity contribution in [1.82, 2.24) is 19.9 Å². The second-order valence-corrected chi connectivity index (χ2v) is 10.2. The number of hydrogen-bond donors (Lipinski definition) is 4. The lowest BCUT2D eigenvalue weighted by Gasteiger charge is -2.01. The molecule has 0 fully saturated rings. The van der Waals surface area contributed by atoms with Crippen molar-refractivity contribution in [2.75, 3.05) is 24.7 Å². The van der Waals surface area contributed by atoms with Crippen LogP contribution in [0.4, 0.5) is 11.6 Å². The van der Waals surface area contributed by atoms with Crippen LogP contribution in [0.5, 0.6) is 0 Å². The van der Waals surface area contributed by atoms with Crippen LogP contribution in [0.25, 0.3) is 0 Å². The summed E-state index contributed by atoms with van der Waals surface area (Å²) in [5.74, 6) is 2.43. The van der Waals surface area contributed by atoms with Gasteiger partial charge in [-0.3, -0.25) is 0 Å². The third-order valence-corrected chi connectivity index (χ3v) is 8.00. The maximum atomic E-state index is 8.98. The number of nitrogens with zero attached hydrogens (tertiary/aromatic N) is 6. The standard InChI is InChI=1S/2C12H17N4OS.2ClH.S/c2*1-8-11(3-4-17)18-7-16(8)6-10-5-14-9(2)15-12(10)13;;;/h2*5,7,17H,3-4,6H2,1-2H3,(H2,13,14,15);2*1H;/q2*+1;;;-2/p-2. The van der Waals surface area contributed by atoms with E-state index in [-0.39, 0.29) is 51.5 Å². The largest absolute Gasteiger partial charge is 2.00 e. The monoisotopic (exact) mass is 632 g/mol. The summed E-state index contributed by atoms with van der Waals surface area (Å²) in [6, 6.07) is 0. The van der Waals surface area contributed by atoms with Crippen LogP contribution in [-0.2, 0) is 39.4 Å². The van der Waals surface area contributed by atoms with Crippen molar-refractivity contribution in [1.29, 1.82) is 0 Å². The van der Waals surface area contributed by atoms with Crippen LogP contribution in [0.3, 0.4) is 0 Å². The first kappa shape index (κ1) is 36.9. The molecular weight excluding hydrogens is 599 g/mol. The van der Waals surface area contributed by atoms with Crippen LogP contribution in [0.15, 0.2) is 23.4 Å². The highest BCUT2D eigenvalue weighted by atomic mass is 35.5. The third-order valence-electron chi connectivity index (χ3n) is 5.71. The van der Waals surface area contributed by atoms with E-state index in [1.165, 1.54) is 9.75 Å². The van der Waals surface area contributed by atoms with E-state index in [1.54, 1.807) is 35.1 Å². The van der Waals surface area contributed by atoms with Gasteiger partial charge < -0.3 is 60.0 Å². The SMILES string of the molecule is Cc1ncc(C[n+]2csc(CCO)c2C)c(N)n1.Cc1ncc(C[n+]2csc(CCO)c2C)c(N)n1.[Cl-].[Cl-].[S-2]. The zero-order valence-corrected chi connectivity index (χ0v) is 26.2. The van der Waals surface area contributed by atoms with Crippen LogP contribution < -0.4 is 45.4 Å². The predicted octanol–water partition coefficient (Wildman–Crippen LogP) is -4.78. The molecule has 0 radical (unpaired) electrons. The number of aryl methyl sites for hydroxylation is 2. The molecule has 4 heterocycles. The Morgan fingerprint density at radius 2 is 1.08 bits per heavy atom. The lowest BCUT2D eigenvalue weighted by molar-refractivity contribution is -0.689. The highest BCUT2D eigenvalue weighted by molar-refractivity contribution is 7.37. The average molecular weight is 634 g/mol. The summed E-state index contributed by atoms with van der Waals surface area (Å²) in [6.07, 6.45) is 4.94. The Hall–Kier alpha value is -2.13. The highest BCUT2D eigenvalue weighted by Crippen LogP contribution is 2.15. The van der Waals surface area contributed by atoms with Gasteiger partial charge in [0, 0.05) is 52.3 Å². The van der Waals surface area contributed by atoms with E-state index >= 15 is 0 Å². The van der Waals surface area contributed by atoms with Crippen molar-refractivity contribution in [3.8, 4) is 0 Å². The van der Waals surface area contributed by atoms with E-state index in [2.05, 4.69) is 29.1 Å². The maximum Gasteiger partial charge on any atom is 0.225 e. The first-order valence-corrected chi connectivity index (χ1v) is 13.3. The van der Waals surface area contributed by atoms with Crippen molar-refractivity contribution < 1.29 is 44.2 Å². The smallest absolute Gasteiger partial charge is 0.225 e. The minimum Gasteiger partial charge on any atom is -2.00 e. The van der Waals surface area contributed by atoms with Gasteiger partial charge >= 0.3 is 0 Å². The summed E-state index contributed by atoms with van der Waals surface area (Å²) in [7, 11) is 0. The molecule has 0 aliphatic heterocycles. The van der Waals surface area contributed by atoms with Crippen molar-refractivity contribution >= 4 is 47.8 Å². The lowest BCUT2D eigenvalue weighted by Crippen LogP contribution is -3.00. The number of hydrogen-bond acceptors (Lipinski definition) is 10. The number of rotatable bonds is 8. The van der Waals surface area contributed by atoms with Gasteiger partial charge in [0.15, 0.2) is 24.5 Å². The highest BCUT2D eigenvalue weighted by Gasteiger charge is 2.18. The van der Waals surface area contributed by atoms with E-state index in [1.807, 2.05) is 38.7 Å². The van der Waals surface area contributed by atoms with Crippen LogP contribution in [0.2, 0.25) is 0 Å². The van der Waals surface area contributed by atoms with Crippen LogP contribution >= 0.6 is 22.7 Å². The lowest BCUT2D eigenvalue weighted by atomic mass is 10.2. The number of nitrogen functional groups attached to an aromatic ring is 2. The quantitative estimate of drug-likeness (QED) is 0.141. The van der Waals surface area contributed by atoms with E-state index in [4.69, 9.17) is 21.7 Å². The van der Waals surface area contributed by atoms with Gasteiger partial charge in [0.05, 0.1) is 20.9 Å². The van der Waals surface area contributed by atoms with E-state index in [0.29, 0.717) is 49.2 Å². The number of aromatic nitrogens is 6. The minimum absolute atomic E-state index is 0. The van der Waals surface area contributed by atoms with Gasteiger partial charge in [-0.2, -0.15) is 9.13 Å². The topological polar surface area (TPSA) is 152 Å². The predicted molar refractivity (Wildman–Crippen MR) is 148 cm³/mol. The number of aliphatic hydroxyl groups excluding tert-OH is 2. The van der Waals surface area contributed by atoms with Gasteiger partial charge in [0.2, 0.25) is 11.0 Å². The normalized spacial score (nSPS) is 10.0. The van der Waals surface area contributed by atoms with Crippen molar-refractivity contribution in [2.24, 2.45) is 0 Å². The number of aliphatic hydroxyl groups is 2. The molecule has 0 spiro atoms. The van der Waals surface area contributed by atoms with Crippen molar-refractivity contribution in [3.63, 3.8) is 0 Å². The Labute approximate surface area is 256 Å². The molecule has 15 heteroatoms. The fraction of sp³-hybridized carbons (Fsp3) is 0.417. The molecule has 39 heavy (non-hydrogen) atoms. The zero-order chi connectivity index (χ0) is 26.2. The second-order valence-electron chi connectivity index (χ2n) is 8.32. The van der Waals surface area contributed by atoms with E-state index < -0.39 is 0 Å². The average Bonchev–Trinajstić information content (AvgIpc) is 3.35.